The third-order valence-corrected chi connectivity index (χ3v) is 7.42. The lowest BCUT2D eigenvalue weighted by Gasteiger charge is -2.08. The van der Waals surface area contributed by atoms with E-state index in [1.165, 1.54) is 41.7 Å². The Labute approximate surface area is 184 Å². The molecule has 0 aliphatic heterocycles. The molecule has 3 aromatic heterocycles. The molecule has 3 aromatic rings. The van der Waals surface area contributed by atoms with Crippen molar-refractivity contribution >= 4 is 39.2 Å². The molecule has 1 N–H and O–H groups in total. The van der Waals surface area contributed by atoms with Crippen LogP contribution in [0.2, 0.25) is 0 Å². The molecule has 162 valence electrons. The standard InChI is InChI=1S/C23H26N4O3S/c1-13-19-15(14-8-9-14)10-11-24-21(19)27(26-13)12-18(28)25-22-20(23(29)30-2)16-6-4-3-5-7-17(16)31-22/h10-11,14H,3-9,12H2,1-2H3,(H,25,28). The molecule has 5 rings (SSSR count). The summed E-state index contributed by atoms with van der Waals surface area (Å²) in [5, 5.41) is 9.22. The zero-order valence-electron chi connectivity index (χ0n) is 17.9. The second-order valence-corrected chi connectivity index (χ2v) is 9.53. The summed E-state index contributed by atoms with van der Waals surface area (Å²) in [4.78, 5) is 31.2. The van der Waals surface area contributed by atoms with Gasteiger partial charge in [-0.15, -0.1) is 11.3 Å². The van der Waals surface area contributed by atoms with Gasteiger partial charge in [-0.25, -0.2) is 14.5 Å². The number of amides is 1. The molecular formula is C23H26N4O3S. The highest BCUT2D eigenvalue weighted by molar-refractivity contribution is 7.17. The maximum Gasteiger partial charge on any atom is 0.341 e. The largest absolute Gasteiger partial charge is 0.465 e. The maximum absolute atomic E-state index is 13.0. The predicted octanol–water partition coefficient (Wildman–Crippen LogP) is 4.37. The number of carbonyl (C=O) groups excluding carboxylic acids is 2. The first-order chi connectivity index (χ1) is 15.1. The van der Waals surface area contributed by atoms with E-state index in [0.29, 0.717) is 16.5 Å². The Morgan fingerprint density at radius 3 is 2.84 bits per heavy atom. The van der Waals surface area contributed by atoms with Crippen LogP contribution in [-0.2, 0) is 28.9 Å². The highest BCUT2D eigenvalue weighted by Crippen LogP contribution is 2.43. The first-order valence-corrected chi connectivity index (χ1v) is 11.7. The Morgan fingerprint density at radius 1 is 1.26 bits per heavy atom. The maximum atomic E-state index is 13.0. The summed E-state index contributed by atoms with van der Waals surface area (Å²) >= 11 is 1.50. The smallest absolute Gasteiger partial charge is 0.341 e. The van der Waals surface area contributed by atoms with Crippen LogP contribution in [0, 0.1) is 6.92 Å². The van der Waals surface area contributed by atoms with Gasteiger partial charge >= 0.3 is 5.97 Å². The molecule has 2 aliphatic rings. The minimum Gasteiger partial charge on any atom is -0.465 e. The van der Waals surface area contributed by atoms with Crippen LogP contribution < -0.4 is 5.32 Å². The van der Waals surface area contributed by atoms with Gasteiger partial charge in [-0.2, -0.15) is 5.10 Å². The SMILES string of the molecule is COC(=O)c1c(NC(=O)Cn2nc(C)c3c(C4CC4)ccnc32)sc2c1CCCCC2. The van der Waals surface area contributed by atoms with Crippen LogP contribution in [0.1, 0.15) is 70.1 Å². The number of carbonyl (C=O) groups is 2. The van der Waals surface area contributed by atoms with Gasteiger partial charge in [0.15, 0.2) is 5.65 Å². The van der Waals surface area contributed by atoms with E-state index in [1.54, 1.807) is 10.9 Å². The monoisotopic (exact) mass is 438 g/mol. The molecule has 0 aromatic carbocycles. The van der Waals surface area contributed by atoms with Crippen molar-refractivity contribution in [2.24, 2.45) is 0 Å². The minimum absolute atomic E-state index is 0.0502. The first-order valence-electron chi connectivity index (χ1n) is 10.9. The summed E-state index contributed by atoms with van der Waals surface area (Å²) in [6, 6.07) is 2.07. The molecule has 0 unspecified atom stereocenters. The van der Waals surface area contributed by atoms with E-state index in [0.717, 1.165) is 54.4 Å². The highest BCUT2D eigenvalue weighted by atomic mass is 32.1. The number of pyridine rings is 1. The number of nitrogens with zero attached hydrogens (tertiary/aromatic N) is 3. The summed E-state index contributed by atoms with van der Waals surface area (Å²) in [6.07, 6.45) is 9.30. The van der Waals surface area contributed by atoms with Crippen LogP contribution in [-0.4, -0.2) is 33.8 Å². The van der Waals surface area contributed by atoms with E-state index >= 15 is 0 Å². The number of hydrogen-bond donors (Lipinski definition) is 1. The minimum atomic E-state index is -0.383. The van der Waals surface area contributed by atoms with Gasteiger partial charge in [0.05, 0.1) is 18.4 Å². The summed E-state index contributed by atoms with van der Waals surface area (Å²) in [6.45, 7) is 2.02. The molecule has 1 amide bonds. The molecule has 3 heterocycles. The molecule has 0 radical (unpaired) electrons. The van der Waals surface area contributed by atoms with E-state index in [-0.39, 0.29) is 18.4 Å². The van der Waals surface area contributed by atoms with Crippen molar-refractivity contribution in [1.29, 1.82) is 0 Å². The molecule has 0 saturated heterocycles. The van der Waals surface area contributed by atoms with E-state index < -0.39 is 0 Å². The predicted molar refractivity (Wildman–Crippen MR) is 120 cm³/mol. The second-order valence-electron chi connectivity index (χ2n) is 8.42. The van der Waals surface area contributed by atoms with Crippen LogP contribution in [0.25, 0.3) is 11.0 Å². The summed E-state index contributed by atoms with van der Waals surface area (Å²) in [5.41, 5.74) is 4.49. The zero-order valence-corrected chi connectivity index (χ0v) is 18.7. The number of fused-ring (bicyclic) bond motifs is 2. The molecule has 0 atom stereocenters. The average molecular weight is 439 g/mol. The Balaban J connectivity index is 1.43. The number of nitrogens with one attached hydrogen (secondary N) is 1. The van der Waals surface area contributed by atoms with Crippen LogP contribution in [0.3, 0.4) is 0 Å². The van der Waals surface area contributed by atoms with Crippen molar-refractivity contribution in [2.75, 3.05) is 12.4 Å². The van der Waals surface area contributed by atoms with E-state index in [2.05, 4.69) is 21.5 Å². The van der Waals surface area contributed by atoms with Crippen LogP contribution >= 0.6 is 11.3 Å². The third-order valence-electron chi connectivity index (χ3n) is 6.21. The molecule has 8 heteroatoms. The number of thiophene rings is 1. The van der Waals surface area contributed by atoms with Crippen molar-refractivity contribution in [3.8, 4) is 0 Å². The van der Waals surface area contributed by atoms with Crippen molar-refractivity contribution in [3.63, 3.8) is 0 Å². The fourth-order valence-corrected chi connectivity index (χ4v) is 5.90. The first kappa shape index (κ1) is 20.2. The van der Waals surface area contributed by atoms with Crippen LogP contribution in [0.4, 0.5) is 5.00 Å². The number of methoxy groups -OCH3 is 1. The molecule has 7 nitrogen and oxygen atoms in total. The Hall–Kier alpha value is -2.74. The number of rotatable bonds is 5. The van der Waals surface area contributed by atoms with Gasteiger partial charge in [-0.1, -0.05) is 6.42 Å². The van der Waals surface area contributed by atoms with Crippen molar-refractivity contribution in [3.05, 3.63) is 39.5 Å². The second kappa shape index (κ2) is 8.07. The highest BCUT2D eigenvalue weighted by Gasteiger charge is 2.29. The average Bonchev–Trinajstić information content (AvgIpc) is 3.53. The van der Waals surface area contributed by atoms with Gasteiger partial charge in [-0.3, -0.25) is 4.79 Å². The molecule has 1 fully saturated rings. The summed E-state index contributed by atoms with van der Waals surface area (Å²) < 4.78 is 6.70. The van der Waals surface area contributed by atoms with E-state index in [4.69, 9.17) is 4.74 Å². The third kappa shape index (κ3) is 3.73. The Morgan fingerprint density at radius 2 is 2.06 bits per heavy atom. The lowest BCUT2D eigenvalue weighted by Crippen LogP contribution is -2.20. The summed E-state index contributed by atoms with van der Waals surface area (Å²) in [7, 11) is 1.39. The van der Waals surface area contributed by atoms with Gasteiger partial charge in [0, 0.05) is 16.5 Å². The van der Waals surface area contributed by atoms with Crippen molar-refractivity contribution in [1.82, 2.24) is 14.8 Å². The number of aromatic nitrogens is 3. The zero-order chi connectivity index (χ0) is 21.5. The van der Waals surface area contributed by atoms with Gasteiger partial charge in [0.25, 0.3) is 0 Å². The Bertz CT molecular complexity index is 1180. The topological polar surface area (TPSA) is 86.1 Å². The van der Waals surface area contributed by atoms with E-state index in [1.807, 2.05) is 6.92 Å². The molecule has 0 bridgehead atoms. The molecule has 1 saturated carbocycles. The number of aryl methyl sites for hydroxylation is 2. The van der Waals surface area contributed by atoms with Crippen molar-refractivity contribution in [2.45, 2.75) is 64.3 Å². The quantitative estimate of drug-likeness (QED) is 0.472. The van der Waals surface area contributed by atoms with Gasteiger partial charge < -0.3 is 10.1 Å². The van der Waals surface area contributed by atoms with Gasteiger partial charge in [0.2, 0.25) is 5.91 Å². The van der Waals surface area contributed by atoms with Crippen molar-refractivity contribution < 1.29 is 14.3 Å². The number of esters is 1. The van der Waals surface area contributed by atoms with Crippen LogP contribution in [0.5, 0.6) is 0 Å². The van der Waals surface area contributed by atoms with Gasteiger partial charge in [0.1, 0.15) is 11.5 Å². The molecular weight excluding hydrogens is 412 g/mol. The molecule has 31 heavy (non-hydrogen) atoms. The molecule has 0 spiro atoms. The Kier molecular flexibility index (Phi) is 5.25. The fourth-order valence-electron chi connectivity index (χ4n) is 4.61. The number of ether oxygens (including phenoxy) is 1. The lowest BCUT2D eigenvalue weighted by atomic mass is 10.1. The fraction of sp³-hybridized carbons (Fsp3) is 0.478. The summed E-state index contributed by atoms with van der Waals surface area (Å²) in [5.74, 6) is -0.0183. The number of anilines is 1. The van der Waals surface area contributed by atoms with Crippen LogP contribution in [0.15, 0.2) is 12.3 Å². The lowest BCUT2D eigenvalue weighted by molar-refractivity contribution is -0.116. The van der Waals surface area contributed by atoms with Gasteiger partial charge in [-0.05, 0) is 68.6 Å². The number of hydrogen-bond acceptors (Lipinski definition) is 6. The molecule has 2 aliphatic carbocycles. The van der Waals surface area contributed by atoms with E-state index in [9.17, 15) is 9.59 Å². The normalized spacial score (nSPS) is 16.1.